The van der Waals surface area contributed by atoms with Crippen molar-refractivity contribution in [2.75, 3.05) is 32.8 Å². The summed E-state index contributed by atoms with van der Waals surface area (Å²) in [5.74, 6) is 0.0377. The quantitative estimate of drug-likeness (QED) is 0.773. The zero-order valence-corrected chi connectivity index (χ0v) is 15.8. The second kappa shape index (κ2) is 9.31. The molecule has 3 heteroatoms. The Morgan fingerprint density at radius 3 is 2.23 bits per heavy atom. The van der Waals surface area contributed by atoms with E-state index in [0.29, 0.717) is 0 Å². The largest absolute Gasteiger partial charge is 0.384 e. The lowest BCUT2D eigenvalue weighted by Crippen LogP contribution is -2.45. The Morgan fingerprint density at radius 2 is 1.62 bits per heavy atom. The van der Waals surface area contributed by atoms with Gasteiger partial charge in [-0.05, 0) is 17.5 Å². The third-order valence-electron chi connectivity index (χ3n) is 5.51. The third kappa shape index (κ3) is 4.53. The average molecular weight is 354 g/mol. The molecular formula is C23H31NO2. The summed E-state index contributed by atoms with van der Waals surface area (Å²) in [5.41, 5.74) is 1.37. The fraction of sp³-hybridized carbons (Fsp3) is 0.478. The predicted molar refractivity (Wildman–Crippen MR) is 106 cm³/mol. The summed E-state index contributed by atoms with van der Waals surface area (Å²) in [6, 6.07) is 20.7. The summed E-state index contributed by atoms with van der Waals surface area (Å²) in [7, 11) is 0. The number of hydrogen-bond donors (Lipinski definition) is 1. The van der Waals surface area contributed by atoms with E-state index in [-0.39, 0.29) is 5.92 Å². The zero-order chi connectivity index (χ0) is 18.2. The van der Waals surface area contributed by atoms with Crippen molar-refractivity contribution in [3.63, 3.8) is 0 Å². The van der Waals surface area contributed by atoms with E-state index in [4.69, 9.17) is 4.74 Å². The third-order valence-corrected chi connectivity index (χ3v) is 5.51. The molecule has 0 saturated carbocycles. The number of ether oxygens (including phenoxy) is 1. The number of morpholine rings is 1. The van der Waals surface area contributed by atoms with Crippen molar-refractivity contribution in [1.29, 1.82) is 0 Å². The fourth-order valence-corrected chi connectivity index (χ4v) is 3.95. The molecule has 1 N–H and O–H groups in total. The van der Waals surface area contributed by atoms with Crippen molar-refractivity contribution in [2.45, 2.75) is 37.7 Å². The highest BCUT2D eigenvalue weighted by Gasteiger charge is 2.39. The highest BCUT2D eigenvalue weighted by molar-refractivity contribution is 5.31. The van der Waals surface area contributed by atoms with Crippen molar-refractivity contribution in [3.05, 3.63) is 71.8 Å². The van der Waals surface area contributed by atoms with Gasteiger partial charge in [0.25, 0.3) is 0 Å². The van der Waals surface area contributed by atoms with Crippen LogP contribution in [0.4, 0.5) is 0 Å². The molecule has 2 aromatic rings. The second-order valence-electron chi connectivity index (χ2n) is 7.27. The molecule has 1 aliphatic rings. The van der Waals surface area contributed by atoms with Gasteiger partial charge in [-0.3, -0.25) is 4.90 Å². The van der Waals surface area contributed by atoms with Crippen molar-refractivity contribution in [3.8, 4) is 0 Å². The van der Waals surface area contributed by atoms with Crippen LogP contribution in [-0.4, -0.2) is 42.9 Å². The SMILES string of the molecule is CCCC[C@](O)(c1ccccc1)[C@H](CN1CCOCC1)c1ccccc1. The van der Waals surface area contributed by atoms with E-state index in [9.17, 15) is 5.11 Å². The van der Waals surface area contributed by atoms with Gasteiger partial charge in [0.1, 0.15) is 0 Å². The van der Waals surface area contributed by atoms with Gasteiger partial charge in [-0.25, -0.2) is 0 Å². The molecule has 1 aliphatic heterocycles. The van der Waals surface area contributed by atoms with Gasteiger partial charge in [0.05, 0.1) is 18.8 Å². The van der Waals surface area contributed by atoms with Crippen molar-refractivity contribution >= 4 is 0 Å². The molecule has 0 radical (unpaired) electrons. The Balaban J connectivity index is 1.97. The first-order chi connectivity index (χ1) is 12.7. The van der Waals surface area contributed by atoms with Gasteiger partial charge in [-0.15, -0.1) is 0 Å². The lowest BCUT2D eigenvalue weighted by atomic mass is 9.74. The fourth-order valence-electron chi connectivity index (χ4n) is 3.95. The highest BCUT2D eigenvalue weighted by Crippen LogP contribution is 2.41. The topological polar surface area (TPSA) is 32.7 Å². The molecule has 0 amide bonds. The van der Waals surface area contributed by atoms with Gasteiger partial charge < -0.3 is 9.84 Å². The molecular weight excluding hydrogens is 322 g/mol. The standard InChI is InChI=1S/C23H31NO2/c1-2-3-14-23(25,21-12-8-5-9-13-21)22(20-10-6-4-7-11-20)19-24-15-17-26-18-16-24/h4-13,22,25H,2-3,14-19H2,1H3/t22-,23+/m1/s1. The first-order valence-electron chi connectivity index (χ1n) is 9.87. The molecule has 1 fully saturated rings. The Bertz CT molecular complexity index is 640. The van der Waals surface area contributed by atoms with Gasteiger partial charge in [0.15, 0.2) is 0 Å². The first-order valence-corrected chi connectivity index (χ1v) is 9.87. The minimum Gasteiger partial charge on any atom is -0.384 e. The van der Waals surface area contributed by atoms with E-state index in [2.05, 4.69) is 48.2 Å². The van der Waals surface area contributed by atoms with Crippen LogP contribution in [0.15, 0.2) is 60.7 Å². The Hall–Kier alpha value is -1.68. The molecule has 140 valence electrons. The summed E-state index contributed by atoms with van der Waals surface area (Å²) in [6.45, 7) is 6.46. The van der Waals surface area contributed by atoms with Crippen LogP contribution in [0.25, 0.3) is 0 Å². The maximum Gasteiger partial charge on any atom is 0.0977 e. The highest BCUT2D eigenvalue weighted by atomic mass is 16.5. The lowest BCUT2D eigenvalue weighted by molar-refractivity contribution is -0.0293. The molecule has 1 saturated heterocycles. The summed E-state index contributed by atoms with van der Waals surface area (Å²) < 4.78 is 5.52. The normalized spacial score (nSPS) is 19.0. The van der Waals surface area contributed by atoms with Crippen LogP contribution in [0.1, 0.15) is 43.2 Å². The number of aliphatic hydroxyl groups is 1. The maximum atomic E-state index is 12.0. The molecule has 26 heavy (non-hydrogen) atoms. The zero-order valence-electron chi connectivity index (χ0n) is 15.8. The van der Waals surface area contributed by atoms with Crippen LogP contribution >= 0.6 is 0 Å². The van der Waals surface area contributed by atoms with Crippen LogP contribution in [0, 0.1) is 0 Å². The van der Waals surface area contributed by atoms with E-state index in [1.807, 2.05) is 24.3 Å². The molecule has 2 atom stereocenters. The van der Waals surface area contributed by atoms with E-state index in [0.717, 1.165) is 57.7 Å². The van der Waals surface area contributed by atoms with Crippen molar-refractivity contribution < 1.29 is 9.84 Å². The molecule has 0 aromatic heterocycles. The average Bonchev–Trinajstić information content (AvgIpc) is 2.72. The number of benzene rings is 2. The smallest absolute Gasteiger partial charge is 0.0977 e. The van der Waals surface area contributed by atoms with Gasteiger partial charge in [0, 0.05) is 25.6 Å². The molecule has 0 bridgehead atoms. The number of unbranched alkanes of at least 4 members (excludes halogenated alkanes) is 1. The van der Waals surface area contributed by atoms with Crippen molar-refractivity contribution in [1.82, 2.24) is 4.90 Å². The van der Waals surface area contributed by atoms with E-state index < -0.39 is 5.60 Å². The monoisotopic (exact) mass is 353 g/mol. The van der Waals surface area contributed by atoms with Gasteiger partial charge in [-0.1, -0.05) is 80.4 Å². The molecule has 3 rings (SSSR count). The lowest BCUT2D eigenvalue weighted by Gasteiger charge is -2.41. The summed E-state index contributed by atoms with van der Waals surface area (Å²) >= 11 is 0. The van der Waals surface area contributed by atoms with Crippen LogP contribution in [0.2, 0.25) is 0 Å². The summed E-state index contributed by atoms with van der Waals surface area (Å²) in [5, 5.41) is 12.0. The van der Waals surface area contributed by atoms with E-state index >= 15 is 0 Å². The van der Waals surface area contributed by atoms with Crippen LogP contribution in [0.3, 0.4) is 0 Å². The molecule has 2 aromatic carbocycles. The molecule has 0 spiro atoms. The van der Waals surface area contributed by atoms with Crippen LogP contribution in [0.5, 0.6) is 0 Å². The summed E-state index contributed by atoms with van der Waals surface area (Å²) in [4.78, 5) is 2.43. The van der Waals surface area contributed by atoms with Crippen LogP contribution in [-0.2, 0) is 10.3 Å². The Morgan fingerprint density at radius 1 is 1.00 bits per heavy atom. The van der Waals surface area contributed by atoms with Gasteiger partial charge >= 0.3 is 0 Å². The number of nitrogens with zero attached hydrogens (tertiary/aromatic N) is 1. The summed E-state index contributed by atoms with van der Waals surface area (Å²) in [6.07, 6.45) is 2.86. The minimum absolute atomic E-state index is 0.0377. The minimum atomic E-state index is -0.864. The molecule has 3 nitrogen and oxygen atoms in total. The van der Waals surface area contributed by atoms with Gasteiger partial charge in [-0.2, -0.15) is 0 Å². The Kier molecular flexibility index (Phi) is 6.84. The van der Waals surface area contributed by atoms with E-state index in [1.54, 1.807) is 0 Å². The number of rotatable bonds is 8. The first kappa shape index (κ1) is 19.1. The van der Waals surface area contributed by atoms with Crippen molar-refractivity contribution in [2.24, 2.45) is 0 Å². The maximum absolute atomic E-state index is 12.0. The Labute approximate surface area is 157 Å². The van der Waals surface area contributed by atoms with Gasteiger partial charge in [0.2, 0.25) is 0 Å². The number of hydrogen-bond acceptors (Lipinski definition) is 3. The van der Waals surface area contributed by atoms with E-state index in [1.165, 1.54) is 5.56 Å². The molecule has 0 aliphatic carbocycles. The molecule has 1 heterocycles. The van der Waals surface area contributed by atoms with Crippen LogP contribution < -0.4 is 0 Å². The second-order valence-corrected chi connectivity index (χ2v) is 7.27. The molecule has 0 unspecified atom stereocenters. The predicted octanol–water partition coefficient (Wildman–Crippen LogP) is 4.18.